The molecule has 1 N–H and O–H groups in total. The topological polar surface area (TPSA) is 38.7 Å². The van der Waals surface area contributed by atoms with Crippen LogP contribution in [0.25, 0.3) is 0 Å². The molecule has 5 heteroatoms. The van der Waals surface area contributed by atoms with Crippen LogP contribution in [0.3, 0.4) is 0 Å². The van der Waals surface area contributed by atoms with Crippen molar-refractivity contribution < 1.29 is 14.0 Å². The van der Waals surface area contributed by atoms with Crippen LogP contribution in [0, 0.1) is 0 Å². The molecular weight excluding hydrogens is 163 g/mol. The molecule has 2 radical (unpaired) electrons. The fourth-order valence-electron chi connectivity index (χ4n) is 1.12. The largest absolute Gasteiger partial charge is 0.390 e. The first kappa shape index (κ1) is 9.38. The highest BCUT2D eigenvalue weighted by molar-refractivity contribution is 7.75. The van der Waals surface area contributed by atoms with Crippen molar-refractivity contribution in [1.82, 2.24) is 0 Å². The third-order valence-electron chi connectivity index (χ3n) is 1.74. The maximum absolute atomic E-state index is 9.35. The average molecular weight is 174 g/mol. The number of thiol groups is 1. The van der Waals surface area contributed by atoms with Gasteiger partial charge in [-0.05, 0) is 19.3 Å². The quantitative estimate of drug-likeness (QED) is 0.350. The Morgan fingerprint density at radius 1 is 1.73 bits per heavy atom. The monoisotopic (exact) mass is 174 g/mol. The highest BCUT2D eigenvalue weighted by atomic mass is 32.1. The molecule has 0 amide bonds. The molecule has 0 aliphatic carbocycles. The third kappa shape index (κ3) is 2.67. The van der Waals surface area contributed by atoms with Crippen molar-refractivity contribution in [3.63, 3.8) is 0 Å². The molecule has 3 unspecified atom stereocenters. The second kappa shape index (κ2) is 4.35. The van der Waals surface area contributed by atoms with Crippen LogP contribution in [0.15, 0.2) is 0 Å². The van der Waals surface area contributed by atoms with Crippen molar-refractivity contribution in [2.24, 2.45) is 0 Å². The standard InChI is InChI=1S/C6H11BO3S/c7-4-1-5(8)6(3-10-11)9-2-4/h4-6,8,11H,1-3H2. The van der Waals surface area contributed by atoms with E-state index in [4.69, 9.17) is 12.6 Å². The summed E-state index contributed by atoms with van der Waals surface area (Å²) in [5.41, 5.74) is 0. The maximum atomic E-state index is 9.35. The molecule has 3 nitrogen and oxygen atoms in total. The van der Waals surface area contributed by atoms with Gasteiger partial charge in [-0.2, -0.15) is 0 Å². The molecule has 0 aromatic carbocycles. The molecule has 62 valence electrons. The van der Waals surface area contributed by atoms with Gasteiger partial charge in [-0.25, -0.2) is 0 Å². The lowest BCUT2D eigenvalue weighted by Crippen LogP contribution is -2.39. The molecule has 1 aliphatic heterocycles. The molecule has 0 bridgehead atoms. The minimum Gasteiger partial charge on any atom is -0.390 e. The molecule has 1 rings (SSSR count). The third-order valence-corrected chi connectivity index (χ3v) is 1.89. The normalized spacial score (nSPS) is 38.9. The Morgan fingerprint density at radius 3 is 3.00 bits per heavy atom. The fraction of sp³-hybridized carbons (Fsp3) is 1.00. The molecule has 0 saturated carbocycles. The molecule has 1 aliphatic rings. The number of aliphatic hydroxyl groups excluding tert-OH is 1. The molecule has 0 aromatic rings. The van der Waals surface area contributed by atoms with Crippen LogP contribution < -0.4 is 0 Å². The van der Waals surface area contributed by atoms with Crippen LogP contribution in [-0.4, -0.2) is 38.4 Å². The van der Waals surface area contributed by atoms with Gasteiger partial charge in [0.05, 0.1) is 20.6 Å². The number of ether oxygens (including phenoxy) is 1. The SMILES string of the molecule is [B]C1COC(COS)C(O)C1. The highest BCUT2D eigenvalue weighted by Crippen LogP contribution is 2.21. The summed E-state index contributed by atoms with van der Waals surface area (Å²) in [6, 6.07) is 0. The van der Waals surface area contributed by atoms with Gasteiger partial charge in [0, 0.05) is 6.61 Å². The van der Waals surface area contributed by atoms with Gasteiger partial charge in [0.2, 0.25) is 0 Å². The van der Waals surface area contributed by atoms with Crippen LogP contribution >= 0.6 is 12.9 Å². The summed E-state index contributed by atoms with van der Waals surface area (Å²) in [4.78, 5) is 0. The van der Waals surface area contributed by atoms with Gasteiger partial charge < -0.3 is 14.0 Å². The van der Waals surface area contributed by atoms with E-state index in [0.29, 0.717) is 19.6 Å². The van der Waals surface area contributed by atoms with Crippen molar-refractivity contribution in [1.29, 1.82) is 0 Å². The zero-order chi connectivity index (χ0) is 8.27. The minimum atomic E-state index is -0.522. The summed E-state index contributed by atoms with van der Waals surface area (Å²) in [6.45, 7) is 0.788. The van der Waals surface area contributed by atoms with Crippen LogP contribution in [0.4, 0.5) is 0 Å². The smallest absolute Gasteiger partial charge is 0.108 e. The number of hydrogen-bond donors (Lipinski definition) is 2. The van der Waals surface area contributed by atoms with E-state index in [0.717, 1.165) is 0 Å². The Hall–Kier alpha value is 0.295. The first-order valence-corrected chi connectivity index (χ1v) is 3.92. The van der Waals surface area contributed by atoms with Gasteiger partial charge in [-0.3, -0.25) is 0 Å². The minimum absolute atomic E-state index is 0.0545. The summed E-state index contributed by atoms with van der Waals surface area (Å²) in [5.74, 6) is -0.0545. The number of hydrogen-bond acceptors (Lipinski definition) is 4. The predicted octanol–water partition coefficient (Wildman–Crippen LogP) is -0.0454. The van der Waals surface area contributed by atoms with Crippen molar-refractivity contribution in [2.75, 3.05) is 13.2 Å². The van der Waals surface area contributed by atoms with Gasteiger partial charge in [-0.15, -0.1) is 0 Å². The Labute approximate surface area is 73.1 Å². The van der Waals surface area contributed by atoms with Gasteiger partial charge >= 0.3 is 0 Å². The molecule has 0 spiro atoms. The molecule has 0 aromatic heterocycles. The molecular formula is C6H11BO3S. The Kier molecular flexibility index (Phi) is 3.71. The van der Waals surface area contributed by atoms with Gasteiger partial charge in [0.25, 0.3) is 0 Å². The van der Waals surface area contributed by atoms with Crippen LogP contribution in [-0.2, 0) is 8.92 Å². The van der Waals surface area contributed by atoms with E-state index in [9.17, 15) is 5.11 Å². The molecule has 3 atom stereocenters. The average Bonchev–Trinajstić information content (AvgIpc) is 1.95. The lowest BCUT2D eigenvalue weighted by molar-refractivity contribution is -0.0868. The summed E-state index contributed by atoms with van der Waals surface area (Å²) < 4.78 is 9.75. The first-order valence-electron chi connectivity index (χ1n) is 3.55. The summed E-state index contributed by atoms with van der Waals surface area (Å²) >= 11 is 3.57. The first-order chi connectivity index (χ1) is 5.24. The highest BCUT2D eigenvalue weighted by Gasteiger charge is 2.27. The van der Waals surface area contributed by atoms with E-state index in [1.807, 2.05) is 0 Å². The van der Waals surface area contributed by atoms with E-state index in [-0.39, 0.29) is 11.9 Å². The van der Waals surface area contributed by atoms with Crippen molar-refractivity contribution in [2.45, 2.75) is 24.4 Å². The molecule has 1 heterocycles. The van der Waals surface area contributed by atoms with E-state index in [1.54, 1.807) is 0 Å². The second-order valence-electron chi connectivity index (χ2n) is 2.73. The van der Waals surface area contributed by atoms with Crippen molar-refractivity contribution in [3.8, 4) is 0 Å². The van der Waals surface area contributed by atoms with Crippen molar-refractivity contribution >= 4 is 20.8 Å². The summed E-state index contributed by atoms with van der Waals surface area (Å²) in [6.07, 6.45) is -0.222. The molecule has 1 saturated heterocycles. The second-order valence-corrected chi connectivity index (χ2v) is 2.99. The summed E-state index contributed by atoms with van der Waals surface area (Å²) in [7, 11) is 5.54. The van der Waals surface area contributed by atoms with Crippen LogP contribution in [0.5, 0.6) is 0 Å². The van der Waals surface area contributed by atoms with E-state index >= 15 is 0 Å². The van der Waals surface area contributed by atoms with E-state index in [2.05, 4.69) is 17.1 Å². The van der Waals surface area contributed by atoms with E-state index in [1.165, 1.54) is 0 Å². The maximum Gasteiger partial charge on any atom is 0.108 e. The zero-order valence-corrected chi connectivity index (χ0v) is 7.04. The number of rotatable bonds is 2. The summed E-state index contributed by atoms with van der Waals surface area (Å²) in [5, 5.41) is 9.35. The Balaban J connectivity index is 2.31. The van der Waals surface area contributed by atoms with Crippen LogP contribution in [0.1, 0.15) is 6.42 Å². The van der Waals surface area contributed by atoms with Gasteiger partial charge in [-0.1, -0.05) is 5.82 Å². The Morgan fingerprint density at radius 2 is 2.45 bits per heavy atom. The zero-order valence-electron chi connectivity index (χ0n) is 6.14. The van der Waals surface area contributed by atoms with Crippen LogP contribution in [0.2, 0.25) is 5.82 Å². The van der Waals surface area contributed by atoms with Gasteiger partial charge in [0.1, 0.15) is 6.10 Å². The fourth-order valence-corrected chi connectivity index (χ4v) is 1.27. The molecule has 11 heavy (non-hydrogen) atoms. The van der Waals surface area contributed by atoms with Crippen molar-refractivity contribution in [3.05, 3.63) is 0 Å². The lowest BCUT2D eigenvalue weighted by atomic mass is 9.81. The predicted molar refractivity (Wildman–Crippen MR) is 44.8 cm³/mol. The Bertz CT molecular complexity index is 124. The van der Waals surface area contributed by atoms with Gasteiger partial charge in [0.15, 0.2) is 0 Å². The molecule has 1 fully saturated rings. The number of aliphatic hydroxyl groups is 1. The lowest BCUT2D eigenvalue weighted by Gasteiger charge is -2.31. The van der Waals surface area contributed by atoms with E-state index < -0.39 is 6.10 Å².